The second-order valence-electron chi connectivity index (χ2n) is 11.9. The van der Waals surface area contributed by atoms with Crippen molar-refractivity contribution in [3.05, 3.63) is 89.5 Å². The third kappa shape index (κ3) is 10.4. The zero-order valence-corrected chi connectivity index (χ0v) is 26.6. The van der Waals surface area contributed by atoms with Crippen molar-refractivity contribution in [1.29, 1.82) is 0 Å². The molecule has 0 fully saturated rings. The maximum Gasteiger partial charge on any atom is 0.338 e. The molecule has 0 aliphatic heterocycles. The topological polar surface area (TPSA) is 72.8 Å². The number of benzene rings is 2. The average molecular weight is 589 g/mol. The molecule has 2 aromatic carbocycles. The van der Waals surface area contributed by atoms with Gasteiger partial charge in [-0.05, 0) is 55.5 Å². The minimum atomic E-state index is -1.45. The quantitative estimate of drug-likeness (QED) is 0.0946. The van der Waals surface area contributed by atoms with E-state index in [0.29, 0.717) is 5.56 Å². The number of esters is 1. The number of carboxylic acids is 1. The van der Waals surface area contributed by atoms with Crippen LogP contribution >= 0.6 is 0 Å². The Labute approximate surface area is 259 Å². The van der Waals surface area contributed by atoms with Crippen LogP contribution in [0.5, 0.6) is 5.75 Å². The molecule has 1 atom stereocenters. The molecule has 3 rings (SSSR count). The molecule has 1 aliphatic rings. The standard InChI is InChI=1S/C38H52O5/c1-4-6-8-10-11-12-13-17-29-42-33-23-21-31(22-24-33)32-25-27-38(28-26-32,37(40)41)35-20-16-15-19-34(35)36(39)43-30(3)18-14-9-7-5-2/h15-16,19-28,30,32H,4-14,17-18,29H2,1-3H3,(H,40,41). The van der Waals surface area contributed by atoms with Gasteiger partial charge in [-0.25, -0.2) is 4.79 Å². The lowest BCUT2D eigenvalue weighted by atomic mass is 9.73. The van der Waals surface area contributed by atoms with Crippen LogP contribution < -0.4 is 4.74 Å². The van der Waals surface area contributed by atoms with Gasteiger partial charge in [0.15, 0.2) is 0 Å². The van der Waals surface area contributed by atoms with E-state index in [1.807, 2.05) is 43.3 Å². The molecular formula is C38H52O5. The van der Waals surface area contributed by atoms with Crippen molar-refractivity contribution in [2.24, 2.45) is 0 Å². The van der Waals surface area contributed by atoms with Crippen LogP contribution in [0.1, 0.15) is 132 Å². The first kappa shape index (κ1) is 34.2. The zero-order chi connectivity index (χ0) is 30.9. The van der Waals surface area contributed by atoms with Crippen molar-refractivity contribution in [2.75, 3.05) is 6.61 Å². The van der Waals surface area contributed by atoms with Crippen LogP contribution in [0.3, 0.4) is 0 Å². The molecule has 234 valence electrons. The number of allylic oxidation sites excluding steroid dienone is 2. The molecule has 0 aromatic heterocycles. The lowest BCUT2D eigenvalue weighted by molar-refractivity contribution is -0.140. The van der Waals surface area contributed by atoms with Crippen LogP contribution in [0, 0.1) is 0 Å². The molecule has 0 bridgehead atoms. The molecule has 1 unspecified atom stereocenters. The van der Waals surface area contributed by atoms with Gasteiger partial charge in [-0.1, -0.05) is 133 Å². The van der Waals surface area contributed by atoms with Crippen LogP contribution in [0.25, 0.3) is 0 Å². The van der Waals surface area contributed by atoms with E-state index < -0.39 is 17.4 Å². The Bertz CT molecular complexity index is 1170. The summed E-state index contributed by atoms with van der Waals surface area (Å²) in [6.45, 7) is 7.03. The van der Waals surface area contributed by atoms with Gasteiger partial charge >= 0.3 is 11.9 Å². The van der Waals surface area contributed by atoms with E-state index in [0.717, 1.165) is 50.0 Å². The zero-order valence-electron chi connectivity index (χ0n) is 26.6. The Morgan fingerprint density at radius 1 is 0.791 bits per heavy atom. The van der Waals surface area contributed by atoms with Gasteiger partial charge in [-0.2, -0.15) is 0 Å². The van der Waals surface area contributed by atoms with Gasteiger partial charge in [0.2, 0.25) is 0 Å². The first-order valence-corrected chi connectivity index (χ1v) is 16.6. The summed E-state index contributed by atoms with van der Waals surface area (Å²) >= 11 is 0. The maximum atomic E-state index is 13.2. The van der Waals surface area contributed by atoms with Crippen molar-refractivity contribution in [3.63, 3.8) is 0 Å². The predicted octanol–water partition coefficient (Wildman–Crippen LogP) is 9.95. The molecule has 1 N–H and O–H groups in total. The number of ether oxygens (including phenoxy) is 2. The van der Waals surface area contributed by atoms with Gasteiger partial charge in [-0.15, -0.1) is 0 Å². The van der Waals surface area contributed by atoms with Gasteiger partial charge in [0, 0.05) is 5.92 Å². The Hall–Kier alpha value is -3.34. The van der Waals surface area contributed by atoms with Crippen molar-refractivity contribution >= 4 is 11.9 Å². The Balaban J connectivity index is 1.59. The summed E-state index contributed by atoms with van der Waals surface area (Å²) in [5, 5.41) is 10.4. The largest absolute Gasteiger partial charge is 0.494 e. The van der Waals surface area contributed by atoms with Crippen molar-refractivity contribution in [2.45, 2.75) is 122 Å². The van der Waals surface area contributed by atoms with Crippen molar-refractivity contribution < 1.29 is 24.2 Å². The lowest BCUT2D eigenvalue weighted by Crippen LogP contribution is -2.35. The molecule has 0 saturated carbocycles. The summed E-state index contributed by atoms with van der Waals surface area (Å²) in [6, 6.07) is 14.9. The summed E-state index contributed by atoms with van der Waals surface area (Å²) < 4.78 is 11.7. The van der Waals surface area contributed by atoms with E-state index in [4.69, 9.17) is 9.47 Å². The molecule has 5 nitrogen and oxygen atoms in total. The highest BCUT2D eigenvalue weighted by atomic mass is 16.5. The molecule has 0 saturated heterocycles. The first-order chi connectivity index (χ1) is 20.9. The van der Waals surface area contributed by atoms with E-state index in [1.54, 1.807) is 36.4 Å². The fourth-order valence-corrected chi connectivity index (χ4v) is 5.69. The van der Waals surface area contributed by atoms with E-state index in [-0.39, 0.29) is 17.6 Å². The highest BCUT2D eigenvalue weighted by Crippen LogP contribution is 2.38. The average Bonchev–Trinajstić information content (AvgIpc) is 3.02. The molecule has 1 aliphatic carbocycles. The summed E-state index contributed by atoms with van der Waals surface area (Å²) in [5.74, 6) is -0.736. The molecule has 0 amide bonds. The minimum absolute atomic E-state index is 0.0727. The fourth-order valence-electron chi connectivity index (χ4n) is 5.69. The number of carboxylic acid groups (broad SMARTS) is 1. The number of hydrogen-bond acceptors (Lipinski definition) is 4. The van der Waals surface area contributed by atoms with Crippen molar-refractivity contribution in [1.82, 2.24) is 0 Å². The summed E-state index contributed by atoms with van der Waals surface area (Å²) in [4.78, 5) is 25.9. The van der Waals surface area contributed by atoms with E-state index in [2.05, 4.69) is 13.8 Å². The number of carbonyl (C=O) groups is 2. The number of hydrogen-bond donors (Lipinski definition) is 1. The molecule has 0 radical (unpaired) electrons. The summed E-state index contributed by atoms with van der Waals surface area (Å²) in [5.41, 5.74) is 0.308. The van der Waals surface area contributed by atoms with Crippen LogP contribution in [0.2, 0.25) is 0 Å². The minimum Gasteiger partial charge on any atom is -0.494 e. The van der Waals surface area contributed by atoms with Gasteiger partial charge in [-0.3, -0.25) is 4.79 Å². The molecule has 2 aromatic rings. The van der Waals surface area contributed by atoms with Crippen LogP contribution in [-0.2, 0) is 14.9 Å². The van der Waals surface area contributed by atoms with E-state index >= 15 is 0 Å². The third-order valence-electron chi connectivity index (χ3n) is 8.38. The highest BCUT2D eigenvalue weighted by Gasteiger charge is 2.40. The first-order valence-electron chi connectivity index (χ1n) is 16.6. The van der Waals surface area contributed by atoms with Crippen LogP contribution in [0.15, 0.2) is 72.8 Å². The normalized spacial score (nSPS) is 18.3. The van der Waals surface area contributed by atoms with Crippen LogP contribution in [-0.4, -0.2) is 29.8 Å². The highest BCUT2D eigenvalue weighted by molar-refractivity contribution is 5.97. The molecule has 43 heavy (non-hydrogen) atoms. The summed E-state index contributed by atoms with van der Waals surface area (Å²) in [6.07, 6.45) is 22.4. The molecule has 0 heterocycles. The maximum absolute atomic E-state index is 13.2. The van der Waals surface area contributed by atoms with Gasteiger partial charge in [0.25, 0.3) is 0 Å². The Morgan fingerprint density at radius 3 is 2.00 bits per heavy atom. The second-order valence-corrected chi connectivity index (χ2v) is 11.9. The molecule has 0 spiro atoms. The molecule has 5 heteroatoms. The monoisotopic (exact) mass is 588 g/mol. The number of unbranched alkanes of at least 4 members (excludes halogenated alkanes) is 10. The van der Waals surface area contributed by atoms with Gasteiger partial charge < -0.3 is 14.6 Å². The van der Waals surface area contributed by atoms with Crippen molar-refractivity contribution in [3.8, 4) is 5.75 Å². The Kier molecular flexibility index (Phi) is 14.6. The van der Waals surface area contributed by atoms with Gasteiger partial charge in [0.05, 0.1) is 18.3 Å². The summed E-state index contributed by atoms with van der Waals surface area (Å²) in [7, 11) is 0. The number of rotatable bonds is 20. The fraction of sp³-hybridized carbons (Fsp3) is 0.526. The van der Waals surface area contributed by atoms with E-state index in [9.17, 15) is 14.7 Å². The number of carbonyl (C=O) groups excluding carboxylic acids is 1. The van der Waals surface area contributed by atoms with Crippen LogP contribution in [0.4, 0.5) is 0 Å². The van der Waals surface area contributed by atoms with Gasteiger partial charge in [0.1, 0.15) is 11.2 Å². The van der Waals surface area contributed by atoms with E-state index in [1.165, 1.54) is 51.4 Å². The SMILES string of the molecule is CCCCCCCCCCOc1ccc(C2C=CC(C(=O)O)(c3ccccc3C(=O)OC(C)CCCCCC)C=C2)cc1. The predicted molar refractivity (Wildman–Crippen MR) is 175 cm³/mol. The second kappa shape index (κ2) is 18.4. The number of aliphatic carboxylic acids is 1. The smallest absolute Gasteiger partial charge is 0.338 e. The lowest BCUT2D eigenvalue weighted by Gasteiger charge is -2.29. The molecular weight excluding hydrogens is 536 g/mol. The Morgan fingerprint density at radius 2 is 1.37 bits per heavy atom. The third-order valence-corrected chi connectivity index (χ3v) is 8.38.